The van der Waals surface area contributed by atoms with Gasteiger partial charge in [-0.25, -0.2) is 0 Å². The number of rotatable bonds is 7. The molecular formula is C14H21N5OS. The molecule has 0 atom stereocenters. The highest BCUT2D eigenvalue weighted by atomic mass is 32.1. The summed E-state index contributed by atoms with van der Waals surface area (Å²) >= 11 is 1.73. The second-order valence-corrected chi connectivity index (χ2v) is 5.78. The van der Waals surface area contributed by atoms with E-state index in [0.29, 0.717) is 17.9 Å². The summed E-state index contributed by atoms with van der Waals surface area (Å²) in [6.07, 6.45) is 0.0253. The summed E-state index contributed by atoms with van der Waals surface area (Å²) in [5, 5.41) is 5.02. The largest absolute Gasteiger partial charge is 0.461 e. The molecule has 0 fully saturated rings. The quantitative estimate of drug-likeness (QED) is 0.848. The Bertz CT molecular complexity index is 558. The van der Waals surface area contributed by atoms with E-state index in [0.717, 1.165) is 13.1 Å². The maximum atomic E-state index is 5.60. The molecule has 1 N–H and O–H groups in total. The molecule has 0 aliphatic heterocycles. The first-order valence-corrected chi connectivity index (χ1v) is 7.88. The summed E-state index contributed by atoms with van der Waals surface area (Å²) in [5.74, 6) is 1.14. The number of thiophene rings is 1. The smallest absolute Gasteiger partial charge is 0.323 e. The van der Waals surface area contributed by atoms with Gasteiger partial charge in [-0.05, 0) is 32.2 Å². The molecule has 0 saturated heterocycles. The number of aromatic nitrogens is 3. The zero-order chi connectivity index (χ0) is 15.2. The average Bonchev–Trinajstić information content (AvgIpc) is 2.96. The number of nitrogens with one attached hydrogen (secondary N) is 1. The van der Waals surface area contributed by atoms with E-state index in [2.05, 4.69) is 43.5 Å². The third kappa shape index (κ3) is 4.29. The zero-order valence-corrected chi connectivity index (χ0v) is 13.6. The van der Waals surface area contributed by atoms with Gasteiger partial charge in [0.25, 0.3) is 0 Å². The minimum Gasteiger partial charge on any atom is -0.461 e. The van der Waals surface area contributed by atoms with Gasteiger partial charge in [-0.2, -0.15) is 15.0 Å². The minimum absolute atomic E-state index is 0.0253. The predicted molar refractivity (Wildman–Crippen MR) is 86.2 cm³/mol. The Morgan fingerprint density at radius 3 is 2.71 bits per heavy atom. The van der Waals surface area contributed by atoms with Gasteiger partial charge in [-0.3, -0.25) is 0 Å². The number of ether oxygens (including phenoxy) is 1. The van der Waals surface area contributed by atoms with Gasteiger partial charge >= 0.3 is 6.01 Å². The van der Waals surface area contributed by atoms with Crippen molar-refractivity contribution in [2.24, 2.45) is 0 Å². The molecule has 2 aromatic rings. The van der Waals surface area contributed by atoms with Crippen molar-refractivity contribution in [2.75, 3.05) is 23.8 Å². The second kappa shape index (κ2) is 7.21. The lowest BCUT2D eigenvalue weighted by Crippen LogP contribution is -2.25. The molecule has 0 aliphatic rings. The van der Waals surface area contributed by atoms with Gasteiger partial charge in [0.05, 0.1) is 12.6 Å². The zero-order valence-electron chi connectivity index (χ0n) is 12.8. The van der Waals surface area contributed by atoms with Gasteiger partial charge < -0.3 is 15.0 Å². The fraction of sp³-hybridized carbons (Fsp3) is 0.500. The molecule has 0 unspecified atom stereocenters. The predicted octanol–water partition coefficient (Wildman–Crippen LogP) is 2.79. The Kier molecular flexibility index (Phi) is 5.32. The van der Waals surface area contributed by atoms with Crippen LogP contribution in [0.3, 0.4) is 0 Å². The summed E-state index contributed by atoms with van der Waals surface area (Å²) in [4.78, 5) is 16.4. The van der Waals surface area contributed by atoms with Gasteiger partial charge in [0.2, 0.25) is 11.9 Å². The van der Waals surface area contributed by atoms with Gasteiger partial charge in [-0.15, -0.1) is 11.3 Å². The molecule has 2 aromatic heterocycles. The standard InChI is InChI=1S/C14H21N5OS/c1-5-19(9-11-7-6-8-21-11)13-16-12(15-4)17-14(18-13)20-10(2)3/h6-8,10H,5,9H2,1-4H3,(H,15,16,17,18). The lowest BCUT2D eigenvalue weighted by Gasteiger charge is -2.21. The van der Waals surface area contributed by atoms with Crippen LogP contribution in [0.15, 0.2) is 17.5 Å². The molecule has 2 heterocycles. The van der Waals surface area contributed by atoms with Crippen LogP contribution in [0.25, 0.3) is 0 Å². The van der Waals surface area contributed by atoms with Crippen LogP contribution in [0.5, 0.6) is 6.01 Å². The molecule has 2 rings (SSSR count). The summed E-state index contributed by atoms with van der Waals surface area (Å²) in [7, 11) is 1.79. The second-order valence-electron chi connectivity index (χ2n) is 4.75. The first kappa shape index (κ1) is 15.5. The van der Waals surface area contributed by atoms with Crippen molar-refractivity contribution < 1.29 is 4.74 Å². The number of anilines is 2. The minimum atomic E-state index is 0.0253. The van der Waals surface area contributed by atoms with Gasteiger partial charge in [0.15, 0.2) is 0 Å². The Balaban J connectivity index is 2.26. The van der Waals surface area contributed by atoms with Crippen LogP contribution in [0.1, 0.15) is 25.6 Å². The maximum absolute atomic E-state index is 5.60. The molecule has 6 nitrogen and oxygen atoms in total. The van der Waals surface area contributed by atoms with Crippen molar-refractivity contribution >= 4 is 23.2 Å². The van der Waals surface area contributed by atoms with E-state index in [1.807, 2.05) is 19.9 Å². The van der Waals surface area contributed by atoms with Crippen molar-refractivity contribution in [2.45, 2.75) is 33.4 Å². The summed E-state index contributed by atoms with van der Waals surface area (Å²) in [6.45, 7) is 7.57. The lowest BCUT2D eigenvalue weighted by molar-refractivity contribution is 0.222. The monoisotopic (exact) mass is 307 g/mol. The first-order valence-electron chi connectivity index (χ1n) is 7.00. The SMILES string of the molecule is CCN(Cc1cccs1)c1nc(NC)nc(OC(C)C)n1. The van der Waals surface area contributed by atoms with Gasteiger partial charge in [0.1, 0.15) is 0 Å². The molecule has 0 radical (unpaired) electrons. The van der Waals surface area contributed by atoms with Crippen LogP contribution in [0.4, 0.5) is 11.9 Å². The highest BCUT2D eigenvalue weighted by Crippen LogP contribution is 2.19. The normalized spacial score (nSPS) is 10.7. The van der Waals surface area contributed by atoms with Crippen molar-refractivity contribution in [1.29, 1.82) is 0 Å². The number of hydrogen-bond acceptors (Lipinski definition) is 7. The summed E-state index contributed by atoms with van der Waals surface area (Å²) in [5.41, 5.74) is 0. The lowest BCUT2D eigenvalue weighted by atomic mass is 10.4. The van der Waals surface area contributed by atoms with E-state index in [1.165, 1.54) is 4.88 Å². The Morgan fingerprint density at radius 1 is 1.33 bits per heavy atom. The van der Waals surface area contributed by atoms with E-state index >= 15 is 0 Å². The van der Waals surface area contributed by atoms with Crippen LogP contribution in [-0.4, -0.2) is 34.6 Å². The van der Waals surface area contributed by atoms with Gasteiger partial charge in [0, 0.05) is 18.5 Å². The Labute approximate surface area is 129 Å². The van der Waals surface area contributed by atoms with Crippen molar-refractivity contribution in [3.8, 4) is 6.01 Å². The van der Waals surface area contributed by atoms with E-state index < -0.39 is 0 Å². The van der Waals surface area contributed by atoms with Crippen molar-refractivity contribution in [3.05, 3.63) is 22.4 Å². The van der Waals surface area contributed by atoms with E-state index in [-0.39, 0.29) is 6.10 Å². The maximum Gasteiger partial charge on any atom is 0.323 e. The van der Waals surface area contributed by atoms with Crippen LogP contribution >= 0.6 is 11.3 Å². The third-order valence-electron chi connectivity index (χ3n) is 2.76. The molecule has 0 aromatic carbocycles. The molecular weight excluding hydrogens is 286 g/mol. The molecule has 0 aliphatic carbocycles. The Morgan fingerprint density at radius 2 is 2.14 bits per heavy atom. The van der Waals surface area contributed by atoms with Gasteiger partial charge in [-0.1, -0.05) is 6.07 Å². The molecule has 114 valence electrons. The summed E-state index contributed by atoms with van der Waals surface area (Å²) in [6, 6.07) is 4.51. The fourth-order valence-electron chi connectivity index (χ4n) is 1.78. The van der Waals surface area contributed by atoms with Crippen LogP contribution < -0.4 is 15.0 Å². The molecule has 7 heteroatoms. The molecule has 0 bridgehead atoms. The van der Waals surface area contributed by atoms with E-state index in [9.17, 15) is 0 Å². The molecule has 0 saturated carbocycles. The van der Waals surface area contributed by atoms with Crippen LogP contribution in [0, 0.1) is 0 Å². The molecule has 21 heavy (non-hydrogen) atoms. The highest BCUT2D eigenvalue weighted by Gasteiger charge is 2.14. The van der Waals surface area contributed by atoms with Crippen molar-refractivity contribution in [1.82, 2.24) is 15.0 Å². The third-order valence-corrected chi connectivity index (χ3v) is 3.62. The Hall–Kier alpha value is -1.89. The fourth-order valence-corrected chi connectivity index (χ4v) is 2.50. The average molecular weight is 307 g/mol. The molecule has 0 spiro atoms. The van der Waals surface area contributed by atoms with Crippen LogP contribution in [0.2, 0.25) is 0 Å². The molecule has 0 amide bonds. The number of hydrogen-bond donors (Lipinski definition) is 1. The van der Waals surface area contributed by atoms with Crippen LogP contribution in [-0.2, 0) is 6.54 Å². The summed E-state index contributed by atoms with van der Waals surface area (Å²) < 4.78 is 5.60. The van der Waals surface area contributed by atoms with E-state index in [4.69, 9.17) is 4.74 Å². The number of nitrogens with zero attached hydrogens (tertiary/aromatic N) is 4. The van der Waals surface area contributed by atoms with E-state index in [1.54, 1.807) is 18.4 Å². The topological polar surface area (TPSA) is 63.2 Å². The first-order chi connectivity index (χ1) is 10.1. The van der Waals surface area contributed by atoms with Crippen molar-refractivity contribution in [3.63, 3.8) is 0 Å². The highest BCUT2D eigenvalue weighted by molar-refractivity contribution is 7.09.